The number of rotatable bonds is 55. The number of hydrogen-bond donors (Lipinski definition) is 9. The van der Waals surface area contributed by atoms with Crippen LogP contribution in [0.15, 0.2) is 24.3 Å². The van der Waals surface area contributed by atoms with Crippen LogP contribution >= 0.6 is 0 Å². The Morgan fingerprint density at radius 3 is 1.23 bits per heavy atom. The van der Waals surface area contributed by atoms with E-state index in [1.165, 1.54) is 231 Å². The third kappa shape index (κ3) is 36.3. The zero-order chi connectivity index (χ0) is 58.1. The number of amides is 1. The van der Waals surface area contributed by atoms with Gasteiger partial charge in [0.05, 0.1) is 32.0 Å². The molecular weight excluding hydrogens is 1010 g/mol. The van der Waals surface area contributed by atoms with Gasteiger partial charge in [0.15, 0.2) is 12.6 Å². The van der Waals surface area contributed by atoms with E-state index in [0.29, 0.717) is 12.8 Å². The van der Waals surface area contributed by atoms with Crippen molar-refractivity contribution >= 4 is 5.91 Å². The van der Waals surface area contributed by atoms with Crippen molar-refractivity contribution in [3.63, 3.8) is 0 Å². The Morgan fingerprint density at radius 2 is 0.800 bits per heavy atom. The second-order valence-corrected chi connectivity index (χ2v) is 24.0. The Bertz CT molecular complexity index is 1440. The van der Waals surface area contributed by atoms with E-state index < -0.39 is 86.8 Å². The molecule has 12 atom stereocenters. The zero-order valence-corrected chi connectivity index (χ0v) is 51.1. The summed E-state index contributed by atoms with van der Waals surface area (Å²) in [5, 5.41) is 87.1. The maximum absolute atomic E-state index is 13.2. The van der Waals surface area contributed by atoms with Crippen LogP contribution in [-0.4, -0.2) is 140 Å². The summed E-state index contributed by atoms with van der Waals surface area (Å²) >= 11 is 0. The minimum Gasteiger partial charge on any atom is -0.394 e. The third-order valence-electron chi connectivity index (χ3n) is 16.6. The second-order valence-electron chi connectivity index (χ2n) is 24.0. The lowest BCUT2D eigenvalue weighted by Gasteiger charge is -2.46. The largest absolute Gasteiger partial charge is 0.394 e. The van der Waals surface area contributed by atoms with Gasteiger partial charge < -0.3 is 65.1 Å². The molecule has 12 unspecified atom stereocenters. The van der Waals surface area contributed by atoms with Crippen LogP contribution < -0.4 is 5.32 Å². The Hall–Kier alpha value is -1.53. The van der Waals surface area contributed by atoms with E-state index >= 15 is 0 Å². The van der Waals surface area contributed by atoms with Crippen LogP contribution in [0.5, 0.6) is 0 Å². The summed E-state index contributed by atoms with van der Waals surface area (Å²) in [4.78, 5) is 13.2. The SMILES string of the molecule is CCCCCCCCCCCCCCCCCCCCCCCCCCCCC/C=C/CC/C=C/C(O)C(COC1OC(CO)C(OC2OC(CO)C(O)C(O)C2O)C(O)C1O)NC(=O)CCCCCCCCCCCCCCC. The molecule has 14 nitrogen and oxygen atoms in total. The van der Waals surface area contributed by atoms with Crippen molar-refractivity contribution in [2.24, 2.45) is 0 Å². The summed E-state index contributed by atoms with van der Waals surface area (Å²) in [7, 11) is 0. The number of aliphatic hydroxyl groups excluding tert-OH is 8. The molecule has 2 rings (SSSR count). The average Bonchev–Trinajstić information content (AvgIpc) is 3.53. The number of nitrogens with one attached hydrogen (secondary N) is 1. The summed E-state index contributed by atoms with van der Waals surface area (Å²) < 4.78 is 22.8. The third-order valence-corrected chi connectivity index (χ3v) is 16.6. The predicted molar refractivity (Wildman–Crippen MR) is 323 cm³/mol. The molecule has 0 saturated carbocycles. The minimum absolute atomic E-state index is 0.246. The van der Waals surface area contributed by atoms with Crippen LogP contribution in [0.4, 0.5) is 0 Å². The molecule has 2 aliphatic heterocycles. The highest BCUT2D eigenvalue weighted by atomic mass is 16.7. The lowest BCUT2D eigenvalue weighted by molar-refractivity contribution is -0.359. The Labute approximate surface area is 488 Å². The van der Waals surface area contributed by atoms with Crippen LogP contribution in [0.25, 0.3) is 0 Å². The van der Waals surface area contributed by atoms with E-state index in [9.17, 15) is 45.6 Å². The summed E-state index contributed by atoms with van der Waals surface area (Å²) in [6.45, 7) is 2.81. The van der Waals surface area contributed by atoms with Crippen molar-refractivity contribution in [2.45, 2.75) is 370 Å². The fraction of sp³-hybridized carbons (Fsp3) is 0.924. The molecule has 2 fully saturated rings. The van der Waals surface area contributed by atoms with Gasteiger partial charge in [-0.25, -0.2) is 0 Å². The molecule has 9 N–H and O–H groups in total. The van der Waals surface area contributed by atoms with Crippen molar-refractivity contribution < 1.29 is 64.6 Å². The summed E-state index contributed by atoms with van der Waals surface area (Å²) in [6.07, 6.45) is 46.9. The first-order valence-corrected chi connectivity index (χ1v) is 33.6. The number of aliphatic hydroxyl groups is 8. The van der Waals surface area contributed by atoms with E-state index in [1.54, 1.807) is 6.08 Å². The molecule has 1 amide bonds. The van der Waals surface area contributed by atoms with E-state index in [0.717, 1.165) is 32.1 Å². The Kier molecular flexibility index (Phi) is 48.3. The highest BCUT2D eigenvalue weighted by molar-refractivity contribution is 5.76. The number of hydrogen-bond acceptors (Lipinski definition) is 13. The Morgan fingerprint density at radius 1 is 0.438 bits per heavy atom. The van der Waals surface area contributed by atoms with Gasteiger partial charge in [-0.3, -0.25) is 4.79 Å². The van der Waals surface area contributed by atoms with Crippen molar-refractivity contribution in [3.05, 3.63) is 24.3 Å². The summed E-state index contributed by atoms with van der Waals surface area (Å²) in [5.41, 5.74) is 0. The first kappa shape index (κ1) is 74.6. The van der Waals surface area contributed by atoms with Crippen LogP contribution in [0, 0.1) is 0 Å². The number of allylic oxidation sites excluding steroid dienone is 3. The van der Waals surface area contributed by atoms with Crippen molar-refractivity contribution in [3.8, 4) is 0 Å². The molecule has 0 aromatic heterocycles. The number of carbonyl (C=O) groups is 1. The predicted octanol–water partition coefficient (Wildman–Crippen LogP) is 12.8. The topological polar surface area (TPSA) is 228 Å². The smallest absolute Gasteiger partial charge is 0.220 e. The lowest BCUT2D eigenvalue weighted by Crippen LogP contribution is -2.65. The number of ether oxygens (including phenoxy) is 4. The minimum atomic E-state index is -1.79. The average molecular weight is 1140 g/mol. The van der Waals surface area contributed by atoms with Crippen LogP contribution in [0.2, 0.25) is 0 Å². The molecular formula is C66H125NO13. The molecule has 0 bridgehead atoms. The first-order chi connectivity index (χ1) is 39.1. The summed E-state index contributed by atoms with van der Waals surface area (Å²) in [6, 6.07) is -0.928. The molecule has 0 aromatic carbocycles. The van der Waals surface area contributed by atoms with Crippen molar-refractivity contribution in [2.75, 3.05) is 19.8 Å². The molecule has 472 valence electrons. The molecule has 0 aliphatic carbocycles. The quantitative estimate of drug-likeness (QED) is 0.0204. The summed E-state index contributed by atoms with van der Waals surface area (Å²) in [5.74, 6) is -0.246. The second kappa shape index (κ2) is 51.9. The zero-order valence-electron chi connectivity index (χ0n) is 51.1. The van der Waals surface area contributed by atoms with Crippen LogP contribution in [0.3, 0.4) is 0 Å². The standard InChI is InChI=1S/C66H125NO13/c1-3-5-7-9-11-13-15-17-18-19-20-21-22-23-24-25-26-27-28-29-30-31-32-33-34-35-36-38-39-41-43-45-47-49-55(70)54(67-58(71)50-48-46-44-42-40-37-16-14-12-10-8-6-4-2)53-77-65-63(76)61(74)64(57(52-69)79-65)80-66-62(75)60(73)59(72)56(51-68)78-66/h39,41,47,49,54-57,59-66,68-70,72-76H,3-38,40,42-46,48,50-53H2,1-2H3,(H,67,71)/b41-39+,49-47+. The fourth-order valence-electron chi connectivity index (χ4n) is 11.3. The van der Waals surface area contributed by atoms with Gasteiger partial charge >= 0.3 is 0 Å². The molecule has 2 heterocycles. The highest BCUT2D eigenvalue weighted by Gasteiger charge is 2.51. The van der Waals surface area contributed by atoms with Gasteiger partial charge in [-0.05, 0) is 32.1 Å². The van der Waals surface area contributed by atoms with Gasteiger partial charge in [0.2, 0.25) is 5.91 Å². The highest BCUT2D eigenvalue weighted by Crippen LogP contribution is 2.30. The van der Waals surface area contributed by atoms with Gasteiger partial charge in [-0.15, -0.1) is 0 Å². The van der Waals surface area contributed by atoms with Gasteiger partial charge in [-0.1, -0.05) is 282 Å². The van der Waals surface area contributed by atoms with E-state index in [-0.39, 0.29) is 18.9 Å². The maximum Gasteiger partial charge on any atom is 0.220 e. The normalized spacial score (nSPS) is 24.3. The molecule has 0 spiro atoms. The van der Waals surface area contributed by atoms with Crippen LogP contribution in [-0.2, 0) is 23.7 Å². The van der Waals surface area contributed by atoms with E-state index in [4.69, 9.17) is 18.9 Å². The van der Waals surface area contributed by atoms with Gasteiger partial charge in [0.1, 0.15) is 48.8 Å². The first-order valence-electron chi connectivity index (χ1n) is 33.6. The molecule has 0 radical (unpaired) electrons. The van der Waals surface area contributed by atoms with Gasteiger partial charge in [0.25, 0.3) is 0 Å². The lowest BCUT2D eigenvalue weighted by atomic mass is 9.97. The molecule has 80 heavy (non-hydrogen) atoms. The van der Waals surface area contributed by atoms with Crippen molar-refractivity contribution in [1.29, 1.82) is 0 Å². The maximum atomic E-state index is 13.2. The van der Waals surface area contributed by atoms with Gasteiger partial charge in [0, 0.05) is 6.42 Å². The molecule has 14 heteroatoms. The van der Waals surface area contributed by atoms with Gasteiger partial charge in [-0.2, -0.15) is 0 Å². The Balaban J connectivity index is 1.65. The monoisotopic (exact) mass is 1140 g/mol. The molecule has 2 saturated heterocycles. The molecule has 2 aliphatic rings. The van der Waals surface area contributed by atoms with E-state index in [1.807, 2.05) is 6.08 Å². The number of carbonyl (C=O) groups excluding carboxylic acids is 1. The van der Waals surface area contributed by atoms with Crippen LogP contribution in [0.1, 0.15) is 296 Å². The van der Waals surface area contributed by atoms with E-state index in [2.05, 4.69) is 31.3 Å². The van der Waals surface area contributed by atoms with Crippen molar-refractivity contribution in [1.82, 2.24) is 5.32 Å². The number of unbranched alkanes of at least 4 members (excludes halogenated alkanes) is 40. The fourth-order valence-corrected chi connectivity index (χ4v) is 11.3. The molecule has 0 aromatic rings.